The second-order valence-electron chi connectivity index (χ2n) is 7.16. The van der Waals surface area contributed by atoms with E-state index >= 15 is 0 Å². The van der Waals surface area contributed by atoms with Crippen molar-refractivity contribution >= 4 is 29.3 Å². The van der Waals surface area contributed by atoms with Crippen molar-refractivity contribution in [3.05, 3.63) is 24.3 Å². The van der Waals surface area contributed by atoms with Gasteiger partial charge < -0.3 is 10.2 Å². The van der Waals surface area contributed by atoms with Crippen LogP contribution in [-0.4, -0.2) is 29.7 Å². The van der Waals surface area contributed by atoms with E-state index in [4.69, 9.17) is 0 Å². The summed E-state index contributed by atoms with van der Waals surface area (Å²) >= 11 is 1.81. The highest BCUT2D eigenvalue weighted by molar-refractivity contribution is 8.00. The third kappa shape index (κ3) is 5.00. The van der Waals surface area contributed by atoms with Gasteiger partial charge in [-0.05, 0) is 25.0 Å². The van der Waals surface area contributed by atoms with Gasteiger partial charge in [-0.1, -0.05) is 44.7 Å². The molecule has 1 aliphatic carbocycles. The summed E-state index contributed by atoms with van der Waals surface area (Å²) in [6.45, 7) is 2.85. The first-order valence-corrected chi connectivity index (χ1v) is 10.4. The van der Waals surface area contributed by atoms with E-state index in [1.54, 1.807) is 0 Å². The van der Waals surface area contributed by atoms with Gasteiger partial charge in [0.05, 0.1) is 5.69 Å². The SMILES string of the molecule is C[C@H]1CN(C(=O)CCC(=O)NC2CCCCCC2)c2ccccc2S1. The van der Waals surface area contributed by atoms with E-state index in [2.05, 4.69) is 18.3 Å². The molecular weight excluding hydrogens is 332 g/mol. The van der Waals surface area contributed by atoms with Crippen molar-refractivity contribution in [3.8, 4) is 0 Å². The molecule has 1 fully saturated rings. The van der Waals surface area contributed by atoms with Crippen LogP contribution in [0.1, 0.15) is 58.3 Å². The first kappa shape index (κ1) is 18.3. The van der Waals surface area contributed by atoms with Crippen LogP contribution in [-0.2, 0) is 9.59 Å². The molecule has 0 radical (unpaired) electrons. The third-order valence-electron chi connectivity index (χ3n) is 5.01. The summed E-state index contributed by atoms with van der Waals surface area (Å²) in [4.78, 5) is 27.9. The van der Waals surface area contributed by atoms with Gasteiger partial charge in [-0.25, -0.2) is 0 Å². The van der Waals surface area contributed by atoms with Crippen LogP contribution in [0.3, 0.4) is 0 Å². The van der Waals surface area contributed by atoms with Crippen LogP contribution < -0.4 is 10.2 Å². The molecule has 2 amide bonds. The van der Waals surface area contributed by atoms with E-state index in [0.717, 1.165) is 23.4 Å². The van der Waals surface area contributed by atoms with Crippen LogP contribution in [0.5, 0.6) is 0 Å². The van der Waals surface area contributed by atoms with Crippen molar-refractivity contribution in [3.63, 3.8) is 0 Å². The lowest BCUT2D eigenvalue weighted by Crippen LogP contribution is -2.40. The fourth-order valence-electron chi connectivity index (χ4n) is 3.70. The predicted octanol–water partition coefficient (Wildman–Crippen LogP) is 4.13. The topological polar surface area (TPSA) is 49.4 Å². The fraction of sp³-hybridized carbons (Fsp3) is 0.600. The molecule has 1 atom stereocenters. The van der Waals surface area contributed by atoms with Gasteiger partial charge in [0.15, 0.2) is 0 Å². The average molecular weight is 361 g/mol. The van der Waals surface area contributed by atoms with Gasteiger partial charge in [0.2, 0.25) is 11.8 Å². The number of nitrogens with zero attached hydrogens (tertiary/aromatic N) is 1. The molecule has 1 aromatic rings. The first-order chi connectivity index (χ1) is 12.1. The molecule has 0 aromatic heterocycles. The average Bonchev–Trinajstić information content (AvgIpc) is 2.87. The predicted molar refractivity (Wildman–Crippen MR) is 103 cm³/mol. The van der Waals surface area contributed by atoms with Gasteiger partial charge in [-0.3, -0.25) is 9.59 Å². The monoisotopic (exact) mass is 360 g/mol. The second-order valence-corrected chi connectivity index (χ2v) is 8.64. The van der Waals surface area contributed by atoms with Gasteiger partial charge in [-0.15, -0.1) is 11.8 Å². The molecule has 1 aromatic carbocycles. The number of thioether (sulfide) groups is 1. The van der Waals surface area contributed by atoms with Crippen LogP contribution in [0.15, 0.2) is 29.2 Å². The molecule has 0 saturated heterocycles. The van der Waals surface area contributed by atoms with Gasteiger partial charge >= 0.3 is 0 Å². The minimum Gasteiger partial charge on any atom is -0.353 e. The Labute approximate surface area is 154 Å². The van der Waals surface area contributed by atoms with Crippen molar-refractivity contribution in [1.29, 1.82) is 0 Å². The number of nitrogens with one attached hydrogen (secondary N) is 1. The Morgan fingerprint density at radius 3 is 2.60 bits per heavy atom. The van der Waals surface area contributed by atoms with Crippen molar-refractivity contribution in [2.45, 2.75) is 74.5 Å². The molecule has 0 unspecified atom stereocenters. The van der Waals surface area contributed by atoms with E-state index in [0.29, 0.717) is 17.8 Å². The number of rotatable bonds is 4. The molecule has 2 aliphatic rings. The molecule has 1 N–H and O–H groups in total. The molecule has 3 rings (SSSR count). The van der Waals surface area contributed by atoms with E-state index in [1.165, 1.54) is 25.7 Å². The zero-order valence-corrected chi connectivity index (χ0v) is 15.8. The molecular formula is C20H28N2O2S. The van der Waals surface area contributed by atoms with E-state index < -0.39 is 0 Å². The molecule has 5 heteroatoms. The summed E-state index contributed by atoms with van der Waals surface area (Å²) in [5.41, 5.74) is 0.986. The maximum atomic E-state index is 12.7. The van der Waals surface area contributed by atoms with Crippen molar-refractivity contribution < 1.29 is 9.59 Å². The summed E-state index contributed by atoms with van der Waals surface area (Å²) in [6.07, 6.45) is 7.67. The van der Waals surface area contributed by atoms with Gasteiger partial charge in [0.25, 0.3) is 0 Å². The van der Waals surface area contributed by atoms with E-state index in [9.17, 15) is 9.59 Å². The van der Waals surface area contributed by atoms with E-state index in [1.807, 2.05) is 34.9 Å². The molecule has 0 bridgehead atoms. The number of hydrogen-bond acceptors (Lipinski definition) is 3. The molecule has 1 aliphatic heterocycles. The van der Waals surface area contributed by atoms with Gasteiger partial charge in [0, 0.05) is 35.6 Å². The molecule has 25 heavy (non-hydrogen) atoms. The largest absolute Gasteiger partial charge is 0.353 e. The Morgan fingerprint density at radius 2 is 1.84 bits per heavy atom. The number of carbonyl (C=O) groups excluding carboxylic acids is 2. The standard InChI is InChI=1S/C20H28N2O2S/c1-15-14-22(17-10-6-7-11-18(17)25-15)20(24)13-12-19(23)21-16-8-4-2-3-5-9-16/h6-7,10-11,15-16H,2-5,8-9,12-14H2,1H3,(H,21,23)/t15-/m0/s1. The van der Waals surface area contributed by atoms with E-state index in [-0.39, 0.29) is 24.7 Å². The van der Waals surface area contributed by atoms with Crippen molar-refractivity contribution in [2.24, 2.45) is 0 Å². The van der Waals surface area contributed by atoms with Crippen LogP contribution in [0.4, 0.5) is 5.69 Å². The van der Waals surface area contributed by atoms with Crippen LogP contribution in [0, 0.1) is 0 Å². The number of carbonyl (C=O) groups is 2. The van der Waals surface area contributed by atoms with Gasteiger partial charge in [0.1, 0.15) is 0 Å². The molecule has 1 saturated carbocycles. The number of benzene rings is 1. The highest BCUT2D eigenvalue weighted by Crippen LogP contribution is 2.38. The van der Waals surface area contributed by atoms with Gasteiger partial charge in [-0.2, -0.15) is 0 Å². The Bertz CT molecular complexity index is 611. The molecule has 4 nitrogen and oxygen atoms in total. The summed E-state index contributed by atoms with van der Waals surface area (Å²) in [5, 5.41) is 3.51. The van der Waals surface area contributed by atoms with Crippen molar-refractivity contribution in [1.82, 2.24) is 5.32 Å². The third-order valence-corrected chi connectivity index (χ3v) is 6.16. The van der Waals surface area contributed by atoms with Crippen molar-refractivity contribution in [2.75, 3.05) is 11.4 Å². The fourth-order valence-corrected chi connectivity index (χ4v) is 4.82. The molecule has 136 valence electrons. The minimum atomic E-state index is 0.0213. The first-order valence-electron chi connectivity index (χ1n) is 9.49. The maximum Gasteiger partial charge on any atom is 0.227 e. The number of hydrogen-bond donors (Lipinski definition) is 1. The summed E-state index contributed by atoms with van der Waals surface area (Å²) in [5.74, 6) is 0.0728. The second kappa shape index (κ2) is 8.75. The number of anilines is 1. The summed E-state index contributed by atoms with van der Waals surface area (Å²) in [7, 11) is 0. The highest BCUT2D eigenvalue weighted by atomic mass is 32.2. The molecule has 0 spiro atoms. The summed E-state index contributed by atoms with van der Waals surface area (Å²) in [6, 6.07) is 8.34. The lowest BCUT2D eigenvalue weighted by molar-refractivity contribution is -0.125. The zero-order chi connectivity index (χ0) is 17.6. The Hall–Kier alpha value is -1.49. The number of fused-ring (bicyclic) bond motifs is 1. The maximum absolute atomic E-state index is 12.7. The van der Waals surface area contributed by atoms with Crippen LogP contribution in [0.2, 0.25) is 0 Å². The Morgan fingerprint density at radius 1 is 1.12 bits per heavy atom. The smallest absolute Gasteiger partial charge is 0.227 e. The number of para-hydroxylation sites is 1. The lowest BCUT2D eigenvalue weighted by Gasteiger charge is -2.32. The zero-order valence-electron chi connectivity index (χ0n) is 15.0. The highest BCUT2D eigenvalue weighted by Gasteiger charge is 2.27. The number of amides is 2. The summed E-state index contributed by atoms with van der Waals surface area (Å²) < 4.78 is 0. The Balaban J connectivity index is 1.53. The van der Waals surface area contributed by atoms with Crippen LogP contribution in [0.25, 0.3) is 0 Å². The normalized spacial score (nSPS) is 21.3. The Kier molecular flexibility index (Phi) is 6.40. The quantitative estimate of drug-likeness (QED) is 0.821. The molecule has 1 heterocycles. The lowest BCUT2D eigenvalue weighted by atomic mass is 10.1. The van der Waals surface area contributed by atoms with Crippen LogP contribution >= 0.6 is 11.8 Å². The minimum absolute atomic E-state index is 0.0213.